The molecule has 1 aliphatic heterocycles. The lowest BCUT2D eigenvalue weighted by molar-refractivity contribution is -0.136. The van der Waals surface area contributed by atoms with E-state index in [1.165, 1.54) is 0 Å². The topological polar surface area (TPSA) is 88.6 Å². The summed E-state index contributed by atoms with van der Waals surface area (Å²) in [4.78, 5) is 25.3. The number of urea groups is 1. The number of rotatable bonds is 3. The predicted molar refractivity (Wildman–Crippen MR) is 110 cm³/mol. The van der Waals surface area contributed by atoms with Gasteiger partial charge >= 0.3 is 12.0 Å². The van der Waals surface area contributed by atoms with Crippen LogP contribution in [-0.4, -0.2) is 28.2 Å². The monoisotopic (exact) mass is 397 g/mol. The number of carbonyl (C=O) groups is 2. The highest BCUT2D eigenvalue weighted by Crippen LogP contribution is 2.44. The number of aromatic nitrogens is 1. The Bertz CT molecular complexity index is 1130. The second-order valence-electron chi connectivity index (χ2n) is 7.09. The fraction of sp³-hybridized carbons (Fsp3) is 0.238. The number of carbonyl (C=O) groups excluding carboxylic acids is 1. The van der Waals surface area contributed by atoms with Crippen molar-refractivity contribution < 1.29 is 14.7 Å². The van der Waals surface area contributed by atoms with E-state index in [4.69, 9.17) is 17.3 Å². The standard InChI is InChI=1S/C21H20ClN3O3/c1-11-9-16-18(13-3-5-14(22)6-4-13)15(10-17(26)27)12(2)19-20(16)24(11)7-8-25(19)21(23)28/h3-6,9H,7-8,10H2,1-2H3,(H2,23,28)(H,26,27). The van der Waals surface area contributed by atoms with Crippen LogP contribution >= 0.6 is 11.6 Å². The molecule has 0 spiro atoms. The highest BCUT2D eigenvalue weighted by Gasteiger charge is 2.30. The van der Waals surface area contributed by atoms with Crippen molar-refractivity contribution in [3.8, 4) is 11.1 Å². The summed E-state index contributed by atoms with van der Waals surface area (Å²) in [6, 6.07) is 8.90. The number of primary amides is 1. The number of hydrogen-bond acceptors (Lipinski definition) is 2. The number of aryl methyl sites for hydroxylation is 1. The van der Waals surface area contributed by atoms with E-state index >= 15 is 0 Å². The first-order chi connectivity index (χ1) is 13.3. The van der Waals surface area contributed by atoms with Crippen molar-refractivity contribution >= 4 is 40.2 Å². The first-order valence-corrected chi connectivity index (χ1v) is 9.37. The number of carboxylic acids is 1. The molecule has 0 radical (unpaired) electrons. The lowest BCUT2D eigenvalue weighted by atomic mass is 9.88. The van der Waals surface area contributed by atoms with Crippen LogP contribution in [0.4, 0.5) is 10.5 Å². The third kappa shape index (κ3) is 2.72. The van der Waals surface area contributed by atoms with Gasteiger partial charge in [-0.05, 0) is 54.3 Å². The normalized spacial score (nSPS) is 13.2. The van der Waals surface area contributed by atoms with Gasteiger partial charge in [0.15, 0.2) is 0 Å². The summed E-state index contributed by atoms with van der Waals surface area (Å²) in [5, 5.41) is 11.1. The van der Waals surface area contributed by atoms with Gasteiger partial charge in [0, 0.05) is 29.2 Å². The van der Waals surface area contributed by atoms with Crippen LogP contribution in [0.2, 0.25) is 5.02 Å². The maximum Gasteiger partial charge on any atom is 0.319 e. The van der Waals surface area contributed by atoms with Gasteiger partial charge in [0.1, 0.15) is 0 Å². The summed E-state index contributed by atoms with van der Waals surface area (Å²) >= 11 is 6.06. The van der Waals surface area contributed by atoms with Crippen molar-refractivity contribution in [2.75, 3.05) is 11.4 Å². The molecule has 0 atom stereocenters. The Hall–Kier alpha value is -2.99. The lowest BCUT2D eigenvalue weighted by Gasteiger charge is -2.31. The molecule has 1 aromatic heterocycles. The van der Waals surface area contributed by atoms with Crippen molar-refractivity contribution in [2.24, 2.45) is 5.73 Å². The van der Waals surface area contributed by atoms with Gasteiger partial charge in [0.2, 0.25) is 0 Å². The molecule has 2 amide bonds. The first-order valence-electron chi connectivity index (χ1n) is 8.99. The van der Waals surface area contributed by atoms with E-state index in [0.717, 1.165) is 33.3 Å². The van der Waals surface area contributed by atoms with E-state index in [-0.39, 0.29) is 6.42 Å². The summed E-state index contributed by atoms with van der Waals surface area (Å²) in [5.74, 6) is -0.928. The Balaban J connectivity index is 2.16. The van der Waals surface area contributed by atoms with Gasteiger partial charge in [-0.2, -0.15) is 0 Å². The number of anilines is 1. The Labute approximate surface area is 167 Å². The van der Waals surface area contributed by atoms with E-state index in [9.17, 15) is 14.7 Å². The van der Waals surface area contributed by atoms with Gasteiger partial charge in [-0.3, -0.25) is 9.69 Å². The minimum Gasteiger partial charge on any atom is -0.481 e. The first kappa shape index (κ1) is 18.4. The SMILES string of the molecule is Cc1c(CC(=O)O)c(-c2ccc(Cl)cc2)c2cc(C)n3c2c1N(C(N)=O)CC3. The molecule has 2 heterocycles. The Kier molecular flexibility index (Phi) is 4.31. The van der Waals surface area contributed by atoms with Gasteiger partial charge in [-0.15, -0.1) is 0 Å². The summed E-state index contributed by atoms with van der Waals surface area (Å²) in [6.45, 7) is 4.98. The largest absolute Gasteiger partial charge is 0.481 e. The molecule has 0 saturated heterocycles. The van der Waals surface area contributed by atoms with Gasteiger partial charge < -0.3 is 15.4 Å². The van der Waals surface area contributed by atoms with Crippen molar-refractivity contribution in [3.05, 3.63) is 52.2 Å². The summed E-state index contributed by atoms with van der Waals surface area (Å²) in [7, 11) is 0. The molecule has 2 aromatic carbocycles. The predicted octanol–water partition coefficient (Wildman–Crippen LogP) is 4.10. The number of aliphatic carboxylic acids is 1. The summed E-state index contributed by atoms with van der Waals surface area (Å²) in [6.07, 6.45) is -0.149. The zero-order valence-electron chi connectivity index (χ0n) is 15.6. The van der Waals surface area contributed by atoms with Crippen LogP contribution < -0.4 is 10.6 Å². The Morgan fingerprint density at radius 1 is 1.18 bits per heavy atom. The van der Waals surface area contributed by atoms with Crippen molar-refractivity contribution in [1.82, 2.24) is 4.57 Å². The number of carboxylic acid groups (broad SMARTS) is 1. The maximum absolute atomic E-state index is 12.1. The third-order valence-electron chi connectivity index (χ3n) is 5.45. The molecule has 0 aliphatic carbocycles. The molecular formula is C21H20ClN3O3. The maximum atomic E-state index is 12.1. The van der Waals surface area contributed by atoms with Crippen LogP contribution in [0.15, 0.2) is 30.3 Å². The van der Waals surface area contributed by atoms with E-state index < -0.39 is 12.0 Å². The number of nitrogens with two attached hydrogens (primary N) is 1. The average molecular weight is 398 g/mol. The van der Waals surface area contributed by atoms with Crippen molar-refractivity contribution in [2.45, 2.75) is 26.8 Å². The quantitative estimate of drug-likeness (QED) is 0.697. The van der Waals surface area contributed by atoms with E-state index in [2.05, 4.69) is 10.6 Å². The van der Waals surface area contributed by atoms with Gasteiger partial charge in [0.25, 0.3) is 0 Å². The third-order valence-corrected chi connectivity index (χ3v) is 5.70. The minimum absolute atomic E-state index is 0.149. The summed E-state index contributed by atoms with van der Waals surface area (Å²) in [5.41, 5.74) is 11.5. The number of amides is 2. The molecule has 0 saturated carbocycles. The Morgan fingerprint density at radius 3 is 2.46 bits per heavy atom. The fourth-order valence-electron chi connectivity index (χ4n) is 4.26. The number of nitrogens with zero attached hydrogens (tertiary/aromatic N) is 2. The molecule has 7 heteroatoms. The van der Waals surface area contributed by atoms with Crippen LogP contribution in [0.25, 0.3) is 22.0 Å². The van der Waals surface area contributed by atoms with Gasteiger partial charge in [-0.25, -0.2) is 4.79 Å². The minimum atomic E-state index is -0.928. The molecule has 0 unspecified atom stereocenters. The molecule has 0 fully saturated rings. The van der Waals surface area contributed by atoms with E-state index in [0.29, 0.717) is 29.4 Å². The highest BCUT2D eigenvalue weighted by atomic mass is 35.5. The van der Waals surface area contributed by atoms with Crippen LogP contribution in [0.5, 0.6) is 0 Å². The molecule has 1 aliphatic rings. The van der Waals surface area contributed by atoms with Crippen LogP contribution in [0.3, 0.4) is 0 Å². The number of hydrogen-bond donors (Lipinski definition) is 2. The van der Waals surface area contributed by atoms with Crippen LogP contribution in [0.1, 0.15) is 16.8 Å². The molecule has 3 N–H and O–H groups in total. The van der Waals surface area contributed by atoms with Gasteiger partial charge in [0.05, 0.1) is 17.6 Å². The van der Waals surface area contributed by atoms with E-state index in [1.54, 1.807) is 17.0 Å². The fourth-order valence-corrected chi connectivity index (χ4v) is 4.39. The van der Waals surface area contributed by atoms with Crippen molar-refractivity contribution in [1.29, 1.82) is 0 Å². The lowest BCUT2D eigenvalue weighted by Crippen LogP contribution is -2.41. The Morgan fingerprint density at radius 2 is 1.86 bits per heavy atom. The average Bonchev–Trinajstić information content (AvgIpc) is 2.97. The number of halogens is 1. The highest BCUT2D eigenvalue weighted by molar-refractivity contribution is 6.30. The molecule has 4 rings (SSSR count). The smallest absolute Gasteiger partial charge is 0.319 e. The molecule has 0 bridgehead atoms. The zero-order chi connectivity index (χ0) is 20.2. The van der Waals surface area contributed by atoms with Gasteiger partial charge in [-0.1, -0.05) is 23.7 Å². The second kappa shape index (κ2) is 6.56. The second-order valence-corrected chi connectivity index (χ2v) is 7.53. The molecule has 28 heavy (non-hydrogen) atoms. The van der Waals surface area contributed by atoms with Crippen LogP contribution in [0, 0.1) is 13.8 Å². The summed E-state index contributed by atoms with van der Waals surface area (Å²) < 4.78 is 2.17. The molecule has 3 aromatic rings. The molecule has 144 valence electrons. The molecule has 6 nitrogen and oxygen atoms in total. The van der Waals surface area contributed by atoms with E-state index in [1.807, 2.05) is 26.0 Å². The number of benzene rings is 2. The van der Waals surface area contributed by atoms with Crippen molar-refractivity contribution in [3.63, 3.8) is 0 Å². The van der Waals surface area contributed by atoms with Crippen LogP contribution in [-0.2, 0) is 17.8 Å². The zero-order valence-corrected chi connectivity index (χ0v) is 16.4. The molecular weight excluding hydrogens is 378 g/mol.